The van der Waals surface area contributed by atoms with Crippen molar-refractivity contribution in [2.75, 3.05) is 13.7 Å². The maximum Gasteiger partial charge on any atom is 0.127 e. The van der Waals surface area contributed by atoms with Crippen molar-refractivity contribution in [2.45, 2.75) is 58.5 Å². The molecule has 0 radical (unpaired) electrons. The lowest BCUT2D eigenvalue weighted by Gasteiger charge is -2.27. The Labute approximate surface area is 127 Å². The van der Waals surface area contributed by atoms with Crippen LogP contribution in [-0.2, 0) is 17.8 Å². The van der Waals surface area contributed by atoms with E-state index >= 15 is 0 Å². The fraction of sp³-hybridized carbons (Fsp3) is 0.647. The van der Waals surface area contributed by atoms with Gasteiger partial charge in [-0.2, -0.15) is 0 Å². The molecule has 21 heavy (non-hydrogen) atoms. The molecule has 1 N–H and O–H groups in total. The first kappa shape index (κ1) is 16.4. The standard InChI is InChI=1S/C17H27FN2O/c1-12(2)19-10-14-5-6-16(18)15(9-14)11-20(4)17-7-8-21-13(17)3/h5-6,9,12-13,17,19H,7-8,10-11H2,1-4H3. The Balaban J connectivity index is 2.02. The van der Waals surface area contributed by atoms with E-state index in [2.05, 4.69) is 31.0 Å². The summed E-state index contributed by atoms with van der Waals surface area (Å²) >= 11 is 0. The molecule has 1 saturated heterocycles. The third-order valence-corrected chi connectivity index (χ3v) is 4.15. The SMILES string of the molecule is CC(C)NCc1ccc(F)c(CN(C)C2CCOC2C)c1. The molecule has 0 aliphatic carbocycles. The smallest absolute Gasteiger partial charge is 0.127 e. The van der Waals surface area contributed by atoms with Crippen LogP contribution in [0.5, 0.6) is 0 Å². The van der Waals surface area contributed by atoms with Gasteiger partial charge in [0.15, 0.2) is 0 Å². The number of rotatable bonds is 6. The number of hydrogen-bond donors (Lipinski definition) is 1. The summed E-state index contributed by atoms with van der Waals surface area (Å²) in [5.74, 6) is -0.123. The van der Waals surface area contributed by atoms with E-state index in [1.807, 2.05) is 19.2 Å². The van der Waals surface area contributed by atoms with E-state index in [9.17, 15) is 4.39 Å². The highest BCUT2D eigenvalue weighted by molar-refractivity contribution is 5.25. The third kappa shape index (κ3) is 4.50. The molecule has 0 aromatic heterocycles. The highest BCUT2D eigenvalue weighted by Gasteiger charge is 2.28. The van der Waals surface area contributed by atoms with Gasteiger partial charge in [0.05, 0.1) is 6.10 Å². The minimum absolute atomic E-state index is 0.123. The topological polar surface area (TPSA) is 24.5 Å². The van der Waals surface area contributed by atoms with Crippen molar-refractivity contribution in [2.24, 2.45) is 0 Å². The van der Waals surface area contributed by atoms with E-state index in [0.29, 0.717) is 18.6 Å². The van der Waals surface area contributed by atoms with E-state index in [1.165, 1.54) is 0 Å². The number of likely N-dealkylation sites (N-methyl/N-ethyl adjacent to an activating group) is 1. The quantitative estimate of drug-likeness (QED) is 0.873. The van der Waals surface area contributed by atoms with Crippen LogP contribution < -0.4 is 5.32 Å². The van der Waals surface area contributed by atoms with Crippen LogP contribution in [0.3, 0.4) is 0 Å². The molecule has 1 aliphatic rings. The van der Waals surface area contributed by atoms with Crippen molar-refractivity contribution in [3.8, 4) is 0 Å². The maximum absolute atomic E-state index is 14.0. The zero-order valence-electron chi connectivity index (χ0n) is 13.5. The van der Waals surface area contributed by atoms with Crippen LogP contribution in [0.1, 0.15) is 38.3 Å². The first-order valence-electron chi connectivity index (χ1n) is 7.80. The molecule has 0 amide bonds. The first-order chi connectivity index (χ1) is 9.97. The Kier molecular flexibility index (Phi) is 5.73. The summed E-state index contributed by atoms with van der Waals surface area (Å²) in [6.45, 7) is 8.52. The molecule has 3 nitrogen and oxygen atoms in total. The molecule has 1 aromatic rings. The van der Waals surface area contributed by atoms with Crippen molar-refractivity contribution in [3.63, 3.8) is 0 Å². The van der Waals surface area contributed by atoms with Gasteiger partial charge in [0, 0.05) is 37.3 Å². The van der Waals surface area contributed by atoms with Crippen molar-refractivity contribution in [1.29, 1.82) is 0 Å². The van der Waals surface area contributed by atoms with Crippen molar-refractivity contribution in [3.05, 3.63) is 35.1 Å². The Morgan fingerprint density at radius 2 is 2.19 bits per heavy atom. The second-order valence-corrected chi connectivity index (χ2v) is 6.31. The monoisotopic (exact) mass is 294 g/mol. The molecular weight excluding hydrogens is 267 g/mol. The number of halogens is 1. The lowest BCUT2D eigenvalue weighted by molar-refractivity contribution is 0.0810. The summed E-state index contributed by atoms with van der Waals surface area (Å²) in [6.07, 6.45) is 1.25. The van der Waals surface area contributed by atoms with Crippen molar-refractivity contribution >= 4 is 0 Å². The van der Waals surface area contributed by atoms with Crippen molar-refractivity contribution < 1.29 is 9.13 Å². The van der Waals surface area contributed by atoms with E-state index in [0.717, 1.165) is 30.7 Å². The Hall–Kier alpha value is -0.970. The number of nitrogens with zero attached hydrogens (tertiary/aromatic N) is 1. The van der Waals surface area contributed by atoms with Gasteiger partial charge in [-0.3, -0.25) is 4.90 Å². The summed E-state index contributed by atoms with van der Waals surface area (Å²) in [7, 11) is 2.05. The number of ether oxygens (including phenoxy) is 1. The molecule has 4 heteroatoms. The molecule has 2 unspecified atom stereocenters. The lowest BCUT2D eigenvalue weighted by atomic mass is 10.1. The summed E-state index contributed by atoms with van der Waals surface area (Å²) in [5.41, 5.74) is 1.89. The fourth-order valence-electron chi connectivity index (χ4n) is 2.87. The Morgan fingerprint density at radius 3 is 2.81 bits per heavy atom. The maximum atomic E-state index is 14.0. The van der Waals surface area contributed by atoms with Crippen LogP contribution in [0.2, 0.25) is 0 Å². The molecule has 2 rings (SSSR count). The van der Waals surface area contributed by atoms with E-state index in [-0.39, 0.29) is 11.9 Å². The van der Waals surface area contributed by atoms with Gasteiger partial charge in [-0.1, -0.05) is 26.0 Å². The van der Waals surface area contributed by atoms with Gasteiger partial charge in [-0.05, 0) is 32.0 Å². The highest BCUT2D eigenvalue weighted by Crippen LogP contribution is 2.21. The second kappa shape index (κ2) is 7.34. The molecule has 1 aromatic carbocycles. The summed E-state index contributed by atoms with van der Waals surface area (Å²) < 4.78 is 19.6. The zero-order chi connectivity index (χ0) is 15.4. The minimum Gasteiger partial charge on any atom is -0.377 e. The molecule has 0 saturated carbocycles. The predicted molar refractivity (Wildman–Crippen MR) is 83.7 cm³/mol. The molecule has 118 valence electrons. The van der Waals surface area contributed by atoms with Crippen LogP contribution in [0.25, 0.3) is 0 Å². The van der Waals surface area contributed by atoms with E-state index < -0.39 is 0 Å². The van der Waals surface area contributed by atoms with Crippen LogP contribution >= 0.6 is 0 Å². The van der Waals surface area contributed by atoms with Gasteiger partial charge in [-0.25, -0.2) is 4.39 Å². The third-order valence-electron chi connectivity index (χ3n) is 4.15. The van der Waals surface area contributed by atoms with Gasteiger partial charge in [0.1, 0.15) is 5.82 Å². The van der Waals surface area contributed by atoms with Gasteiger partial charge in [0.25, 0.3) is 0 Å². The minimum atomic E-state index is -0.123. The molecule has 1 fully saturated rings. The average molecular weight is 294 g/mol. The van der Waals surface area contributed by atoms with Gasteiger partial charge in [0.2, 0.25) is 0 Å². The van der Waals surface area contributed by atoms with Gasteiger partial charge >= 0.3 is 0 Å². The number of nitrogens with one attached hydrogen (secondary N) is 1. The molecule has 1 aliphatic heterocycles. The normalized spacial score (nSPS) is 22.4. The molecule has 1 heterocycles. The van der Waals surface area contributed by atoms with Crippen LogP contribution in [0, 0.1) is 5.82 Å². The largest absolute Gasteiger partial charge is 0.377 e. The molecule has 0 bridgehead atoms. The van der Waals surface area contributed by atoms with E-state index in [4.69, 9.17) is 4.74 Å². The zero-order valence-corrected chi connectivity index (χ0v) is 13.5. The first-order valence-corrected chi connectivity index (χ1v) is 7.80. The molecule has 2 atom stereocenters. The predicted octanol–water partition coefficient (Wildman–Crippen LogP) is 2.93. The number of hydrogen-bond acceptors (Lipinski definition) is 3. The van der Waals surface area contributed by atoms with E-state index in [1.54, 1.807) is 6.07 Å². The number of benzene rings is 1. The Morgan fingerprint density at radius 1 is 1.43 bits per heavy atom. The second-order valence-electron chi connectivity index (χ2n) is 6.31. The molecule has 0 spiro atoms. The van der Waals surface area contributed by atoms with Gasteiger partial charge in [-0.15, -0.1) is 0 Å². The summed E-state index contributed by atoms with van der Waals surface area (Å²) in [4.78, 5) is 2.20. The summed E-state index contributed by atoms with van der Waals surface area (Å²) in [6, 6.07) is 6.21. The molecular formula is C17H27FN2O. The Bertz CT molecular complexity index is 464. The van der Waals surface area contributed by atoms with Crippen LogP contribution in [-0.4, -0.2) is 36.7 Å². The lowest BCUT2D eigenvalue weighted by Crippen LogP contribution is -2.36. The van der Waals surface area contributed by atoms with Crippen molar-refractivity contribution in [1.82, 2.24) is 10.2 Å². The van der Waals surface area contributed by atoms with Crippen LogP contribution in [0.4, 0.5) is 4.39 Å². The fourth-order valence-corrected chi connectivity index (χ4v) is 2.87. The highest BCUT2D eigenvalue weighted by atomic mass is 19.1. The van der Waals surface area contributed by atoms with Gasteiger partial charge < -0.3 is 10.1 Å². The summed E-state index contributed by atoms with van der Waals surface area (Å²) in [5, 5.41) is 3.37. The van der Waals surface area contributed by atoms with Crippen LogP contribution in [0.15, 0.2) is 18.2 Å². The average Bonchev–Trinajstić information content (AvgIpc) is 2.86.